The molecule has 17 heavy (non-hydrogen) atoms. The van der Waals surface area contributed by atoms with E-state index in [0.717, 1.165) is 26.3 Å². The minimum absolute atomic E-state index is 0.525. The Morgan fingerprint density at radius 3 is 2.59 bits per heavy atom. The summed E-state index contributed by atoms with van der Waals surface area (Å²) in [7, 11) is 0. The van der Waals surface area contributed by atoms with E-state index in [4.69, 9.17) is 4.74 Å². The molecule has 3 heteroatoms. The smallest absolute Gasteiger partial charge is 0.131 e. The lowest BCUT2D eigenvalue weighted by atomic mass is 9.73. The summed E-state index contributed by atoms with van der Waals surface area (Å²) in [5.41, 5.74) is 3.07. The fourth-order valence-electron chi connectivity index (χ4n) is 3.07. The predicted molar refractivity (Wildman–Crippen MR) is 68.4 cm³/mol. The Kier molecular flexibility index (Phi) is 2.58. The van der Waals surface area contributed by atoms with E-state index in [-0.39, 0.29) is 0 Å². The Hall–Kier alpha value is -1.09. The largest absolute Gasteiger partial charge is 0.381 e. The highest BCUT2D eigenvalue weighted by Crippen LogP contribution is 2.42. The zero-order valence-electron chi connectivity index (χ0n) is 10.7. The van der Waals surface area contributed by atoms with E-state index >= 15 is 0 Å². The van der Waals surface area contributed by atoms with Gasteiger partial charge in [-0.3, -0.25) is 0 Å². The molecule has 0 aliphatic carbocycles. The molecular weight excluding hydrogens is 212 g/mol. The molecule has 0 unspecified atom stereocenters. The quantitative estimate of drug-likeness (QED) is 0.743. The zero-order chi connectivity index (χ0) is 11.9. The number of hydrogen-bond donors (Lipinski definition) is 0. The first-order valence-electron chi connectivity index (χ1n) is 6.45. The normalized spacial score (nSPS) is 22.6. The first-order valence-corrected chi connectivity index (χ1v) is 6.45. The van der Waals surface area contributed by atoms with Crippen LogP contribution >= 0.6 is 0 Å². The van der Waals surface area contributed by atoms with E-state index in [1.54, 1.807) is 0 Å². The predicted octanol–water partition coefficient (Wildman–Crippen LogP) is 2.32. The molecule has 0 atom stereocenters. The van der Waals surface area contributed by atoms with Crippen LogP contribution in [0.5, 0.6) is 0 Å². The van der Waals surface area contributed by atoms with Crippen LogP contribution in [-0.2, 0) is 4.74 Å². The van der Waals surface area contributed by atoms with Crippen molar-refractivity contribution < 1.29 is 4.74 Å². The maximum absolute atomic E-state index is 5.45. The molecule has 1 spiro atoms. The second-order valence-corrected chi connectivity index (χ2v) is 5.62. The lowest BCUT2D eigenvalue weighted by Gasteiger charge is -2.53. The van der Waals surface area contributed by atoms with Crippen LogP contribution < -0.4 is 4.90 Å². The van der Waals surface area contributed by atoms with E-state index in [2.05, 4.69) is 29.8 Å². The van der Waals surface area contributed by atoms with Crippen molar-refractivity contribution in [2.75, 3.05) is 31.2 Å². The number of ether oxygens (including phenoxy) is 1. The highest BCUT2D eigenvalue weighted by molar-refractivity contribution is 5.50. The van der Waals surface area contributed by atoms with Gasteiger partial charge < -0.3 is 9.64 Å². The average Bonchev–Trinajstić information content (AvgIpc) is 2.27. The first kappa shape index (κ1) is 11.0. The van der Waals surface area contributed by atoms with Crippen LogP contribution in [0.1, 0.15) is 24.0 Å². The fourth-order valence-corrected chi connectivity index (χ4v) is 3.07. The zero-order valence-corrected chi connectivity index (χ0v) is 10.7. The molecule has 1 aromatic heterocycles. The van der Waals surface area contributed by atoms with Crippen LogP contribution in [-0.4, -0.2) is 31.3 Å². The van der Waals surface area contributed by atoms with Gasteiger partial charge in [-0.25, -0.2) is 4.98 Å². The van der Waals surface area contributed by atoms with Crippen molar-refractivity contribution in [1.82, 2.24) is 4.98 Å². The van der Waals surface area contributed by atoms with Gasteiger partial charge in [-0.1, -0.05) is 6.07 Å². The third-order valence-corrected chi connectivity index (χ3v) is 4.09. The van der Waals surface area contributed by atoms with Crippen molar-refractivity contribution in [2.45, 2.75) is 26.7 Å². The molecule has 2 aliphatic rings. The van der Waals surface area contributed by atoms with Crippen LogP contribution in [0.3, 0.4) is 0 Å². The number of aromatic nitrogens is 1. The molecule has 0 N–H and O–H groups in total. The lowest BCUT2D eigenvalue weighted by Crippen LogP contribution is -2.59. The topological polar surface area (TPSA) is 25.4 Å². The summed E-state index contributed by atoms with van der Waals surface area (Å²) in [5.74, 6) is 1.17. The number of nitrogens with zero attached hydrogens (tertiary/aromatic N) is 2. The van der Waals surface area contributed by atoms with Crippen molar-refractivity contribution >= 4 is 5.82 Å². The second-order valence-electron chi connectivity index (χ2n) is 5.62. The van der Waals surface area contributed by atoms with Gasteiger partial charge in [0.2, 0.25) is 0 Å². The third-order valence-electron chi connectivity index (χ3n) is 4.09. The van der Waals surface area contributed by atoms with Crippen LogP contribution in [0, 0.1) is 19.3 Å². The Labute approximate surface area is 103 Å². The molecule has 3 nitrogen and oxygen atoms in total. The standard InChI is InChI=1S/C14H20N2O/c1-11-7-12(2)13(15-8-11)16-9-14(10-16)3-5-17-6-4-14/h7-8H,3-6,9-10H2,1-2H3. The Morgan fingerprint density at radius 2 is 1.94 bits per heavy atom. The Balaban J connectivity index is 1.72. The number of aryl methyl sites for hydroxylation is 2. The second kappa shape index (κ2) is 3.98. The van der Waals surface area contributed by atoms with E-state index in [1.165, 1.54) is 29.8 Å². The van der Waals surface area contributed by atoms with Crippen molar-refractivity contribution in [1.29, 1.82) is 0 Å². The van der Waals surface area contributed by atoms with Crippen LogP contribution in [0.4, 0.5) is 5.82 Å². The molecule has 1 aromatic rings. The lowest BCUT2D eigenvalue weighted by molar-refractivity contribution is -0.000489. The minimum Gasteiger partial charge on any atom is -0.381 e. The van der Waals surface area contributed by atoms with Gasteiger partial charge in [-0.15, -0.1) is 0 Å². The molecule has 0 amide bonds. The van der Waals surface area contributed by atoms with E-state index in [0.29, 0.717) is 5.41 Å². The van der Waals surface area contributed by atoms with Gasteiger partial charge in [0.1, 0.15) is 5.82 Å². The SMILES string of the molecule is Cc1cnc(N2CC3(CCOCC3)C2)c(C)c1. The maximum atomic E-state index is 5.45. The number of pyridine rings is 1. The van der Waals surface area contributed by atoms with Gasteiger partial charge in [0.05, 0.1) is 0 Å². The van der Waals surface area contributed by atoms with Crippen LogP contribution in [0.15, 0.2) is 12.3 Å². The molecule has 0 saturated carbocycles. The molecular formula is C14H20N2O. The van der Waals surface area contributed by atoms with E-state index in [1.807, 2.05) is 6.20 Å². The molecule has 2 aliphatic heterocycles. The van der Waals surface area contributed by atoms with E-state index < -0.39 is 0 Å². The van der Waals surface area contributed by atoms with Crippen molar-refractivity contribution in [2.24, 2.45) is 5.41 Å². The molecule has 2 saturated heterocycles. The summed E-state index contributed by atoms with van der Waals surface area (Å²) in [4.78, 5) is 6.99. The monoisotopic (exact) mass is 232 g/mol. The van der Waals surface area contributed by atoms with Crippen molar-refractivity contribution in [3.05, 3.63) is 23.4 Å². The summed E-state index contributed by atoms with van der Waals surface area (Å²) < 4.78 is 5.45. The highest BCUT2D eigenvalue weighted by Gasteiger charge is 2.44. The van der Waals surface area contributed by atoms with Gasteiger partial charge in [-0.05, 0) is 37.8 Å². The van der Waals surface area contributed by atoms with Gasteiger partial charge in [0.25, 0.3) is 0 Å². The molecule has 2 fully saturated rings. The Morgan fingerprint density at radius 1 is 1.24 bits per heavy atom. The number of anilines is 1. The van der Waals surface area contributed by atoms with Crippen molar-refractivity contribution in [3.8, 4) is 0 Å². The maximum Gasteiger partial charge on any atom is 0.131 e. The Bertz CT molecular complexity index is 416. The molecule has 3 rings (SSSR count). The van der Waals surface area contributed by atoms with Gasteiger partial charge in [0, 0.05) is 37.9 Å². The molecule has 0 bridgehead atoms. The molecule has 0 aromatic carbocycles. The average molecular weight is 232 g/mol. The number of rotatable bonds is 1. The van der Waals surface area contributed by atoms with Crippen LogP contribution in [0.2, 0.25) is 0 Å². The fraction of sp³-hybridized carbons (Fsp3) is 0.643. The van der Waals surface area contributed by atoms with Crippen molar-refractivity contribution in [3.63, 3.8) is 0 Å². The summed E-state index contributed by atoms with van der Waals surface area (Å²) in [6, 6.07) is 2.22. The number of hydrogen-bond acceptors (Lipinski definition) is 3. The minimum atomic E-state index is 0.525. The van der Waals surface area contributed by atoms with Crippen LogP contribution in [0.25, 0.3) is 0 Å². The van der Waals surface area contributed by atoms with Gasteiger partial charge in [-0.2, -0.15) is 0 Å². The third kappa shape index (κ3) is 1.93. The highest BCUT2D eigenvalue weighted by atomic mass is 16.5. The molecule has 92 valence electrons. The summed E-state index contributed by atoms with van der Waals surface area (Å²) in [6.45, 7) is 8.45. The van der Waals surface area contributed by atoms with E-state index in [9.17, 15) is 0 Å². The summed E-state index contributed by atoms with van der Waals surface area (Å²) in [5, 5.41) is 0. The summed E-state index contributed by atoms with van der Waals surface area (Å²) in [6.07, 6.45) is 4.40. The summed E-state index contributed by atoms with van der Waals surface area (Å²) >= 11 is 0. The van der Waals surface area contributed by atoms with Gasteiger partial charge in [0.15, 0.2) is 0 Å². The molecule has 3 heterocycles. The van der Waals surface area contributed by atoms with Gasteiger partial charge >= 0.3 is 0 Å². The first-order chi connectivity index (χ1) is 8.19. The molecule has 0 radical (unpaired) electrons.